The van der Waals surface area contributed by atoms with E-state index in [4.69, 9.17) is 4.74 Å². The molecule has 0 bridgehead atoms. The van der Waals surface area contributed by atoms with Crippen LogP contribution in [0.25, 0.3) is 10.4 Å². The van der Waals surface area contributed by atoms with Crippen molar-refractivity contribution in [3.8, 4) is 16.2 Å². The molecule has 0 saturated heterocycles. The van der Waals surface area contributed by atoms with E-state index in [-0.39, 0.29) is 0 Å². The van der Waals surface area contributed by atoms with E-state index in [1.54, 1.807) is 18.4 Å². The van der Waals surface area contributed by atoms with Crippen molar-refractivity contribution in [1.82, 2.24) is 0 Å². The molecule has 0 atom stereocenters. The number of thiophene rings is 1. The van der Waals surface area contributed by atoms with Gasteiger partial charge >= 0.3 is 0 Å². The molecule has 0 aliphatic rings. The van der Waals surface area contributed by atoms with Crippen LogP contribution in [-0.4, -0.2) is 7.11 Å². The van der Waals surface area contributed by atoms with E-state index in [9.17, 15) is 0 Å². The molecule has 0 aliphatic heterocycles. The van der Waals surface area contributed by atoms with Gasteiger partial charge in [0.25, 0.3) is 0 Å². The molecular formula is C12H11OS. The number of hydrogen-bond acceptors (Lipinski definition) is 2. The number of benzene rings is 1. The molecule has 71 valence electrons. The summed E-state index contributed by atoms with van der Waals surface area (Å²) in [5, 5.41) is 3.09. The second kappa shape index (κ2) is 3.84. The van der Waals surface area contributed by atoms with Crippen LogP contribution in [0.5, 0.6) is 5.75 Å². The molecule has 2 heteroatoms. The molecule has 0 unspecified atom stereocenters. The molecule has 0 saturated carbocycles. The van der Waals surface area contributed by atoms with Crippen molar-refractivity contribution in [2.75, 3.05) is 7.11 Å². The summed E-state index contributed by atoms with van der Waals surface area (Å²) in [6, 6.07) is 10.2. The van der Waals surface area contributed by atoms with Crippen LogP contribution in [-0.2, 0) is 0 Å². The van der Waals surface area contributed by atoms with Gasteiger partial charge < -0.3 is 4.74 Å². The Balaban J connectivity index is 2.46. The zero-order valence-corrected chi connectivity index (χ0v) is 9.02. The van der Waals surface area contributed by atoms with Crippen LogP contribution >= 0.6 is 11.3 Å². The standard InChI is InChI=1S/C12H11OS/c1-9-8-10(13-2)5-6-11(9)12-4-3-7-14-12/h3-6,8H,1-2H3. The monoisotopic (exact) mass is 203 g/mol. The molecule has 1 aromatic carbocycles. The van der Waals surface area contributed by atoms with Gasteiger partial charge in [0.1, 0.15) is 5.75 Å². The van der Waals surface area contributed by atoms with Crippen LogP contribution in [0.4, 0.5) is 0 Å². The fourth-order valence-corrected chi connectivity index (χ4v) is 2.16. The predicted molar refractivity (Wildman–Crippen MR) is 59.9 cm³/mol. The third-order valence-corrected chi connectivity index (χ3v) is 3.00. The third-order valence-electron chi connectivity index (χ3n) is 2.17. The molecule has 0 amide bonds. The maximum atomic E-state index is 5.16. The van der Waals surface area contributed by atoms with Gasteiger partial charge in [-0.25, -0.2) is 0 Å². The first kappa shape index (κ1) is 9.28. The Kier molecular flexibility index (Phi) is 2.55. The summed E-state index contributed by atoms with van der Waals surface area (Å²) in [6.45, 7) is 2.09. The van der Waals surface area contributed by atoms with E-state index >= 15 is 0 Å². The summed E-state index contributed by atoms with van der Waals surface area (Å²) in [4.78, 5) is 1.25. The van der Waals surface area contributed by atoms with Crippen molar-refractivity contribution in [1.29, 1.82) is 0 Å². The van der Waals surface area contributed by atoms with Gasteiger partial charge in [-0.15, -0.1) is 11.3 Å². The largest absolute Gasteiger partial charge is 0.497 e. The Labute approximate surface area is 88.0 Å². The maximum absolute atomic E-state index is 5.16. The van der Waals surface area contributed by atoms with Gasteiger partial charge in [0.05, 0.1) is 7.11 Å². The summed E-state index contributed by atoms with van der Waals surface area (Å²) in [7, 11) is 1.69. The lowest BCUT2D eigenvalue weighted by Crippen LogP contribution is -1.85. The van der Waals surface area contributed by atoms with Crippen LogP contribution in [0.3, 0.4) is 0 Å². The van der Waals surface area contributed by atoms with Crippen molar-refractivity contribution in [2.45, 2.75) is 6.92 Å². The molecule has 14 heavy (non-hydrogen) atoms. The van der Waals surface area contributed by atoms with Gasteiger partial charge in [0, 0.05) is 10.3 Å². The highest BCUT2D eigenvalue weighted by molar-refractivity contribution is 7.13. The SMILES string of the molecule is COc1ccc(-c2cc[c]s2)c(C)c1. The van der Waals surface area contributed by atoms with Gasteiger partial charge in [-0.3, -0.25) is 0 Å². The lowest BCUT2D eigenvalue weighted by molar-refractivity contribution is 0.414. The summed E-state index contributed by atoms with van der Waals surface area (Å²) in [6.07, 6.45) is 0. The quantitative estimate of drug-likeness (QED) is 0.725. The molecule has 2 rings (SSSR count). The molecule has 1 aromatic heterocycles. The van der Waals surface area contributed by atoms with Crippen molar-refractivity contribution in [3.05, 3.63) is 41.3 Å². The molecule has 1 radical (unpaired) electrons. The number of methoxy groups -OCH3 is 1. The average Bonchev–Trinajstić information content (AvgIpc) is 2.70. The van der Waals surface area contributed by atoms with Gasteiger partial charge in [-0.1, -0.05) is 0 Å². The molecule has 0 aliphatic carbocycles. The second-order valence-corrected chi connectivity index (χ2v) is 3.98. The lowest BCUT2D eigenvalue weighted by atomic mass is 10.1. The Morgan fingerprint density at radius 2 is 2.14 bits per heavy atom. The van der Waals surface area contributed by atoms with Gasteiger partial charge in [-0.2, -0.15) is 0 Å². The van der Waals surface area contributed by atoms with E-state index in [2.05, 4.69) is 30.5 Å². The molecule has 0 N–H and O–H groups in total. The van der Waals surface area contributed by atoms with Crippen LogP contribution in [0.2, 0.25) is 0 Å². The molecule has 0 fully saturated rings. The van der Waals surface area contributed by atoms with Crippen LogP contribution < -0.4 is 4.74 Å². The smallest absolute Gasteiger partial charge is 0.119 e. The van der Waals surface area contributed by atoms with Crippen molar-refractivity contribution in [3.63, 3.8) is 0 Å². The normalized spacial score (nSPS) is 10.1. The van der Waals surface area contributed by atoms with Crippen LogP contribution in [0, 0.1) is 12.3 Å². The highest BCUT2D eigenvalue weighted by atomic mass is 32.1. The van der Waals surface area contributed by atoms with Gasteiger partial charge in [0.2, 0.25) is 0 Å². The maximum Gasteiger partial charge on any atom is 0.119 e. The molecule has 1 heterocycles. The first-order valence-corrected chi connectivity index (χ1v) is 5.24. The van der Waals surface area contributed by atoms with Crippen LogP contribution in [0.15, 0.2) is 30.3 Å². The first-order valence-electron chi connectivity index (χ1n) is 4.42. The zero-order valence-electron chi connectivity index (χ0n) is 8.20. The zero-order chi connectivity index (χ0) is 9.97. The van der Waals surface area contributed by atoms with E-state index in [1.165, 1.54) is 16.0 Å². The van der Waals surface area contributed by atoms with E-state index < -0.39 is 0 Å². The second-order valence-electron chi connectivity index (χ2n) is 3.10. The minimum absolute atomic E-state index is 0.909. The molecular weight excluding hydrogens is 192 g/mol. The minimum atomic E-state index is 0.909. The first-order chi connectivity index (χ1) is 6.81. The Hall–Kier alpha value is -1.28. The average molecular weight is 203 g/mol. The summed E-state index contributed by atoms with van der Waals surface area (Å²) < 4.78 is 5.16. The molecule has 2 aromatic rings. The number of hydrogen-bond donors (Lipinski definition) is 0. The topological polar surface area (TPSA) is 9.23 Å². The summed E-state index contributed by atoms with van der Waals surface area (Å²) in [5.74, 6) is 0.909. The third kappa shape index (κ3) is 1.66. The Morgan fingerprint density at radius 1 is 1.29 bits per heavy atom. The lowest BCUT2D eigenvalue weighted by Gasteiger charge is -2.05. The highest BCUT2D eigenvalue weighted by Gasteiger charge is 2.03. The Morgan fingerprint density at radius 3 is 2.71 bits per heavy atom. The van der Waals surface area contributed by atoms with Crippen molar-refractivity contribution in [2.24, 2.45) is 0 Å². The Bertz CT molecular complexity index is 418. The summed E-state index contributed by atoms with van der Waals surface area (Å²) >= 11 is 1.64. The number of aryl methyl sites for hydroxylation is 1. The molecule has 0 spiro atoms. The highest BCUT2D eigenvalue weighted by Crippen LogP contribution is 2.29. The van der Waals surface area contributed by atoms with E-state index in [0.717, 1.165) is 5.75 Å². The van der Waals surface area contributed by atoms with Crippen molar-refractivity contribution >= 4 is 11.3 Å². The number of rotatable bonds is 2. The molecule has 1 nitrogen and oxygen atoms in total. The van der Waals surface area contributed by atoms with Crippen molar-refractivity contribution < 1.29 is 4.74 Å². The fraction of sp³-hybridized carbons (Fsp3) is 0.167. The van der Waals surface area contributed by atoms with Gasteiger partial charge in [-0.05, 0) is 48.4 Å². The van der Waals surface area contributed by atoms with E-state index in [0.29, 0.717) is 0 Å². The summed E-state index contributed by atoms with van der Waals surface area (Å²) in [5.41, 5.74) is 2.50. The minimum Gasteiger partial charge on any atom is -0.497 e. The number of ether oxygens (including phenoxy) is 1. The van der Waals surface area contributed by atoms with Crippen LogP contribution in [0.1, 0.15) is 5.56 Å². The predicted octanol–water partition coefficient (Wildman–Crippen LogP) is 3.53. The van der Waals surface area contributed by atoms with E-state index in [1.807, 2.05) is 12.1 Å². The fourth-order valence-electron chi connectivity index (χ4n) is 1.43. The van der Waals surface area contributed by atoms with Gasteiger partial charge in [0.15, 0.2) is 0 Å².